The zero-order valence-corrected chi connectivity index (χ0v) is 17.1. The molecule has 3 atom stereocenters. The van der Waals surface area contributed by atoms with Gasteiger partial charge in [-0.1, -0.05) is 18.7 Å². The molecule has 1 aliphatic carbocycles. The molecule has 0 spiro atoms. The number of pyridine rings is 1. The quantitative estimate of drug-likeness (QED) is 0.698. The van der Waals surface area contributed by atoms with Gasteiger partial charge in [0.25, 0.3) is 11.8 Å². The Morgan fingerprint density at radius 2 is 2.16 bits per heavy atom. The molecule has 4 rings (SSSR count). The number of hydrogen-bond donors (Lipinski definition) is 2. The van der Waals surface area contributed by atoms with Crippen molar-refractivity contribution in [2.75, 3.05) is 6.54 Å². The molecule has 2 bridgehead atoms. The standard InChI is InChI=1S/C22H24FN3O5/c1-3-13(5-4-12(2)23)9-24-21(29)16-10-25-11-17-26(14-6-7-15(8-14)31-17)22(30)18(25)20(28)19(16)27/h3-5,10,14-15,17,28H,2,6-9,11H2,1H3,(H,24,29)/b5-4-,13-3+/t14-,15+,17+/m1/s1. The number of ether oxygens (including phenoxy) is 1. The highest BCUT2D eigenvalue weighted by molar-refractivity contribution is 5.99. The lowest BCUT2D eigenvalue weighted by Gasteiger charge is -2.44. The van der Waals surface area contributed by atoms with Gasteiger partial charge in [0.1, 0.15) is 11.4 Å². The Kier molecular flexibility index (Phi) is 5.53. The predicted molar refractivity (Wildman–Crippen MR) is 110 cm³/mol. The van der Waals surface area contributed by atoms with Crippen molar-refractivity contribution in [1.82, 2.24) is 14.8 Å². The maximum atomic E-state index is 13.0. The molecule has 1 aromatic rings. The summed E-state index contributed by atoms with van der Waals surface area (Å²) in [6.07, 6.45) is 7.66. The number of hydrogen-bond acceptors (Lipinski definition) is 5. The summed E-state index contributed by atoms with van der Waals surface area (Å²) >= 11 is 0. The maximum Gasteiger partial charge on any atom is 0.276 e. The number of amides is 2. The molecule has 8 nitrogen and oxygen atoms in total. The van der Waals surface area contributed by atoms with Crippen molar-refractivity contribution >= 4 is 11.8 Å². The fraction of sp³-hybridized carbons (Fsp3) is 0.409. The van der Waals surface area contributed by atoms with Crippen LogP contribution in [0.2, 0.25) is 0 Å². The van der Waals surface area contributed by atoms with Gasteiger partial charge in [-0.2, -0.15) is 0 Å². The van der Waals surface area contributed by atoms with Gasteiger partial charge in [-0.25, -0.2) is 4.39 Å². The third-order valence-corrected chi connectivity index (χ3v) is 6.00. The van der Waals surface area contributed by atoms with Crippen molar-refractivity contribution in [3.63, 3.8) is 0 Å². The van der Waals surface area contributed by atoms with Crippen LogP contribution in [0, 0.1) is 0 Å². The number of carbonyl (C=O) groups excluding carboxylic acids is 2. The molecule has 1 saturated carbocycles. The summed E-state index contributed by atoms with van der Waals surface area (Å²) in [6.45, 7) is 5.13. The highest BCUT2D eigenvalue weighted by Gasteiger charge is 2.47. The van der Waals surface area contributed by atoms with Crippen molar-refractivity contribution in [2.45, 2.75) is 51.1 Å². The first-order valence-corrected chi connectivity index (χ1v) is 10.2. The van der Waals surface area contributed by atoms with Gasteiger partial charge < -0.3 is 24.6 Å². The number of carbonyl (C=O) groups is 2. The van der Waals surface area contributed by atoms with Crippen LogP contribution in [0.25, 0.3) is 0 Å². The molecule has 2 fully saturated rings. The highest BCUT2D eigenvalue weighted by atomic mass is 19.1. The van der Waals surface area contributed by atoms with Gasteiger partial charge in [0, 0.05) is 18.8 Å². The van der Waals surface area contributed by atoms with Crippen LogP contribution in [0.3, 0.4) is 0 Å². The normalized spacial score (nSPS) is 24.8. The van der Waals surface area contributed by atoms with E-state index < -0.39 is 35.0 Å². The summed E-state index contributed by atoms with van der Waals surface area (Å²) in [4.78, 5) is 40.0. The fourth-order valence-corrected chi connectivity index (χ4v) is 4.45. The minimum atomic E-state index is -0.910. The largest absolute Gasteiger partial charge is 0.503 e. The second kappa shape index (κ2) is 8.14. The van der Waals surface area contributed by atoms with Gasteiger partial charge >= 0.3 is 0 Å². The number of halogens is 1. The van der Waals surface area contributed by atoms with E-state index in [0.717, 1.165) is 25.3 Å². The molecule has 0 unspecified atom stereocenters. The van der Waals surface area contributed by atoms with Gasteiger partial charge in [0.15, 0.2) is 17.7 Å². The van der Waals surface area contributed by atoms with Crippen LogP contribution in [-0.4, -0.2) is 51.3 Å². The van der Waals surface area contributed by atoms with Gasteiger partial charge in [-0.3, -0.25) is 14.4 Å². The minimum Gasteiger partial charge on any atom is -0.503 e. The third-order valence-electron chi connectivity index (χ3n) is 6.00. The van der Waals surface area contributed by atoms with Crippen LogP contribution in [0.1, 0.15) is 47.0 Å². The number of nitrogens with zero attached hydrogens (tertiary/aromatic N) is 2. The zero-order chi connectivity index (χ0) is 22.3. The molecule has 9 heteroatoms. The highest BCUT2D eigenvalue weighted by Crippen LogP contribution is 2.38. The number of aromatic hydroxyl groups is 1. The molecule has 3 heterocycles. The first kappa shape index (κ1) is 21.0. The van der Waals surface area contributed by atoms with E-state index in [-0.39, 0.29) is 36.5 Å². The predicted octanol–water partition coefficient (Wildman–Crippen LogP) is 2.00. The molecule has 3 aliphatic rings. The number of rotatable bonds is 5. The van der Waals surface area contributed by atoms with E-state index in [9.17, 15) is 23.9 Å². The van der Waals surface area contributed by atoms with E-state index in [1.54, 1.807) is 17.9 Å². The Balaban J connectivity index is 1.59. The molecule has 2 aliphatic heterocycles. The van der Waals surface area contributed by atoms with Crippen molar-refractivity contribution in [1.29, 1.82) is 0 Å². The first-order chi connectivity index (χ1) is 14.8. The van der Waals surface area contributed by atoms with E-state index in [0.29, 0.717) is 5.57 Å². The Morgan fingerprint density at radius 3 is 2.87 bits per heavy atom. The second-order valence-electron chi connectivity index (χ2n) is 7.94. The molecule has 1 saturated heterocycles. The van der Waals surface area contributed by atoms with E-state index in [1.165, 1.54) is 16.8 Å². The number of fused-ring (bicyclic) bond motifs is 5. The first-order valence-electron chi connectivity index (χ1n) is 10.2. The Morgan fingerprint density at radius 1 is 1.39 bits per heavy atom. The molecule has 31 heavy (non-hydrogen) atoms. The molecule has 1 aromatic heterocycles. The average molecular weight is 429 g/mol. The van der Waals surface area contributed by atoms with Crippen molar-refractivity contribution in [3.05, 3.63) is 63.9 Å². The lowest BCUT2D eigenvalue weighted by atomic mass is 10.1. The fourth-order valence-electron chi connectivity index (χ4n) is 4.45. The monoisotopic (exact) mass is 429 g/mol. The van der Waals surface area contributed by atoms with Crippen LogP contribution in [0.15, 0.2) is 47.2 Å². The third kappa shape index (κ3) is 3.81. The Bertz CT molecular complexity index is 1070. The Labute approximate surface area is 178 Å². The van der Waals surface area contributed by atoms with Gasteiger partial charge in [0.05, 0.1) is 12.6 Å². The van der Waals surface area contributed by atoms with Gasteiger partial charge in [-0.15, -0.1) is 0 Å². The summed E-state index contributed by atoms with van der Waals surface area (Å²) in [5, 5.41) is 13.1. The van der Waals surface area contributed by atoms with E-state index in [4.69, 9.17) is 4.74 Å². The van der Waals surface area contributed by atoms with Crippen LogP contribution in [0.5, 0.6) is 5.75 Å². The average Bonchev–Trinajstić information content (AvgIpc) is 3.11. The van der Waals surface area contributed by atoms with E-state index in [1.807, 2.05) is 0 Å². The van der Waals surface area contributed by atoms with Crippen LogP contribution in [-0.2, 0) is 11.3 Å². The van der Waals surface area contributed by atoms with Gasteiger partial charge in [0.2, 0.25) is 5.43 Å². The summed E-state index contributed by atoms with van der Waals surface area (Å²) < 4.78 is 20.2. The molecular formula is C22H24FN3O5. The van der Waals surface area contributed by atoms with Crippen molar-refractivity contribution in [2.24, 2.45) is 0 Å². The number of aromatic nitrogens is 1. The number of allylic oxidation sites excluding steroid dienone is 3. The molecule has 0 aromatic carbocycles. The molecular weight excluding hydrogens is 405 g/mol. The molecule has 2 amide bonds. The van der Waals surface area contributed by atoms with Crippen LogP contribution in [0.4, 0.5) is 4.39 Å². The lowest BCUT2D eigenvalue weighted by Crippen LogP contribution is -2.57. The summed E-state index contributed by atoms with van der Waals surface area (Å²) in [5.74, 6) is -2.53. The van der Waals surface area contributed by atoms with Crippen molar-refractivity contribution < 1.29 is 23.8 Å². The van der Waals surface area contributed by atoms with Crippen molar-refractivity contribution in [3.8, 4) is 5.75 Å². The van der Waals surface area contributed by atoms with E-state index >= 15 is 0 Å². The number of nitrogens with one attached hydrogen (secondary N) is 1. The molecule has 164 valence electrons. The van der Waals surface area contributed by atoms with E-state index in [2.05, 4.69) is 11.9 Å². The van der Waals surface area contributed by atoms with Crippen LogP contribution < -0.4 is 10.7 Å². The lowest BCUT2D eigenvalue weighted by molar-refractivity contribution is -0.132. The minimum absolute atomic E-state index is 0.0372. The maximum absolute atomic E-state index is 13.0. The molecule has 2 N–H and O–H groups in total. The molecule has 0 radical (unpaired) electrons. The van der Waals surface area contributed by atoms with Crippen LogP contribution >= 0.6 is 0 Å². The van der Waals surface area contributed by atoms with Gasteiger partial charge in [-0.05, 0) is 37.8 Å². The summed E-state index contributed by atoms with van der Waals surface area (Å²) in [7, 11) is 0. The zero-order valence-electron chi connectivity index (χ0n) is 17.1. The SMILES string of the molecule is C=C(F)/C=C\C(=C/C)CNC(=O)c1cn2c(c(O)c1=O)C(=O)N1[C@@H]3CC[C@@H](C3)O[C@H]1C2. The smallest absolute Gasteiger partial charge is 0.276 e. The topological polar surface area (TPSA) is 101 Å². The Hall–Kier alpha value is -3.20. The second-order valence-corrected chi connectivity index (χ2v) is 7.94. The summed E-state index contributed by atoms with van der Waals surface area (Å²) in [5.41, 5.74) is -0.709. The summed E-state index contributed by atoms with van der Waals surface area (Å²) in [6, 6.07) is 0.0372.